The van der Waals surface area contributed by atoms with Gasteiger partial charge in [0, 0.05) is 25.2 Å². The molecule has 2 amide bonds. The Morgan fingerprint density at radius 3 is 2.16 bits per heavy atom. The fourth-order valence-electron chi connectivity index (χ4n) is 3.63. The Morgan fingerprint density at radius 2 is 1.58 bits per heavy atom. The van der Waals surface area contributed by atoms with Gasteiger partial charge in [-0.3, -0.25) is 14.5 Å². The first-order chi connectivity index (χ1) is 14.8. The fourth-order valence-corrected chi connectivity index (χ4v) is 4.86. The van der Waals surface area contributed by atoms with E-state index in [0.29, 0.717) is 25.2 Å². The van der Waals surface area contributed by atoms with Gasteiger partial charge >= 0.3 is 0 Å². The van der Waals surface area contributed by atoms with E-state index in [0.717, 1.165) is 11.1 Å². The minimum absolute atomic E-state index is 0.0525. The Hall–Kier alpha value is -2.71. The lowest BCUT2D eigenvalue weighted by molar-refractivity contribution is -0.127. The summed E-state index contributed by atoms with van der Waals surface area (Å²) < 4.78 is 23.7. The molecule has 1 aliphatic heterocycles. The molecular weight excluding hydrogens is 414 g/mol. The van der Waals surface area contributed by atoms with Crippen molar-refractivity contribution in [3.63, 3.8) is 0 Å². The molecule has 2 aromatic rings. The van der Waals surface area contributed by atoms with Crippen molar-refractivity contribution in [1.29, 1.82) is 0 Å². The van der Waals surface area contributed by atoms with Crippen LogP contribution in [0, 0.1) is 0 Å². The molecule has 0 aromatic heterocycles. The Morgan fingerprint density at radius 1 is 0.968 bits per heavy atom. The summed E-state index contributed by atoms with van der Waals surface area (Å²) in [5.41, 5.74) is 2.46. The van der Waals surface area contributed by atoms with E-state index in [1.807, 2.05) is 66.4 Å². The van der Waals surface area contributed by atoms with Gasteiger partial charge in [-0.05, 0) is 30.2 Å². The van der Waals surface area contributed by atoms with Crippen LogP contribution in [-0.2, 0) is 19.4 Å². The Balaban J connectivity index is 1.73. The number of carbonyl (C=O) groups excluding carboxylic acids is 2. The predicted octanol–water partition coefficient (Wildman–Crippen LogP) is 2.68. The summed E-state index contributed by atoms with van der Waals surface area (Å²) in [4.78, 5) is 26.7. The van der Waals surface area contributed by atoms with E-state index >= 15 is 0 Å². The Kier molecular flexibility index (Phi) is 7.46. The summed E-state index contributed by atoms with van der Waals surface area (Å²) in [6.45, 7) is 4.35. The van der Waals surface area contributed by atoms with Crippen molar-refractivity contribution in [3.05, 3.63) is 65.7 Å². The van der Waals surface area contributed by atoms with Gasteiger partial charge in [0.25, 0.3) is 0 Å². The lowest BCUT2D eigenvalue weighted by atomic mass is 10.0. The number of nitrogens with zero attached hydrogens (tertiary/aromatic N) is 1. The first-order valence-corrected chi connectivity index (χ1v) is 12.3. The average Bonchev–Trinajstić information content (AvgIpc) is 2.76. The number of carbonyl (C=O) groups is 2. The standard InChI is InChI=1S/C23H29N3O4S/c1-3-21(27)25-20-11-9-18(10-12-20)17(2)24-23(28)22(19-7-5-4-6-8-19)26-13-15-31(29,30)16-14-26/h4-12,17,22H,3,13-16H2,1-2H3,(H,24,28)(H,25,27). The molecule has 2 atom stereocenters. The molecule has 2 unspecified atom stereocenters. The summed E-state index contributed by atoms with van der Waals surface area (Å²) in [7, 11) is -3.04. The van der Waals surface area contributed by atoms with Crippen LogP contribution < -0.4 is 10.6 Å². The van der Waals surface area contributed by atoms with Crippen LogP contribution in [0.1, 0.15) is 43.5 Å². The third-order valence-electron chi connectivity index (χ3n) is 5.48. The van der Waals surface area contributed by atoms with Gasteiger partial charge < -0.3 is 10.6 Å². The second-order valence-corrected chi connectivity index (χ2v) is 10.1. The molecule has 8 heteroatoms. The maximum Gasteiger partial charge on any atom is 0.242 e. The summed E-state index contributed by atoms with van der Waals surface area (Å²) in [6, 6.07) is 16.0. The number of nitrogens with one attached hydrogen (secondary N) is 2. The number of hydrogen-bond donors (Lipinski definition) is 2. The molecule has 1 saturated heterocycles. The summed E-state index contributed by atoms with van der Waals surface area (Å²) in [5.74, 6) is -0.0986. The highest BCUT2D eigenvalue weighted by atomic mass is 32.2. The molecule has 2 aromatic carbocycles. The second kappa shape index (κ2) is 10.1. The van der Waals surface area contributed by atoms with Gasteiger partial charge in [0.2, 0.25) is 11.8 Å². The highest BCUT2D eigenvalue weighted by Gasteiger charge is 2.33. The quantitative estimate of drug-likeness (QED) is 0.686. The number of amides is 2. The number of benzene rings is 2. The molecule has 1 aliphatic rings. The smallest absolute Gasteiger partial charge is 0.242 e. The Labute approximate surface area is 183 Å². The van der Waals surface area contributed by atoms with Crippen LogP contribution in [0.25, 0.3) is 0 Å². The molecule has 1 fully saturated rings. The van der Waals surface area contributed by atoms with Crippen molar-refractivity contribution in [2.24, 2.45) is 0 Å². The normalized spacial score (nSPS) is 18.0. The van der Waals surface area contributed by atoms with E-state index in [1.54, 1.807) is 6.92 Å². The van der Waals surface area contributed by atoms with Gasteiger partial charge in [-0.1, -0.05) is 49.4 Å². The first-order valence-electron chi connectivity index (χ1n) is 10.5. The SMILES string of the molecule is CCC(=O)Nc1ccc(C(C)NC(=O)C(c2ccccc2)N2CCS(=O)(=O)CC2)cc1. The van der Waals surface area contributed by atoms with Crippen molar-refractivity contribution in [2.75, 3.05) is 29.9 Å². The van der Waals surface area contributed by atoms with Crippen molar-refractivity contribution in [2.45, 2.75) is 32.4 Å². The van der Waals surface area contributed by atoms with E-state index < -0.39 is 15.9 Å². The van der Waals surface area contributed by atoms with E-state index in [1.165, 1.54) is 0 Å². The van der Waals surface area contributed by atoms with E-state index in [4.69, 9.17) is 0 Å². The first kappa shape index (κ1) is 23.0. The summed E-state index contributed by atoms with van der Waals surface area (Å²) in [5, 5.41) is 5.87. The lowest BCUT2D eigenvalue weighted by Crippen LogP contribution is -2.47. The van der Waals surface area contributed by atoms with Crippen molar-refractivity contribution < 1.29 is 18.0 Å². The fraction of sp³-hybridized carbons (Fsp3) is 0.391. The van der Waals surface area contributed by atoms with Crippen LogP contribution in [-0.4, -0.2) is 49.7 Å². The van der Waals surface area contributed by atoms with Gasteiger partial charge in [0.05, 0.1) is 17.5 Å². The van der Waals surface area contributed by atoms with Crippen LogP contribution in [0.5, 0.6) is 0 Å². The molecule has 0 radical (unpaired) electrons. The zero-order valence-corrected chi connectivity index (χ0v) is 18.7. The summed E-state index contributed by atoms with van der Waals surface area (Å²) in [6.07, 6.45) is 0.410. The number of rotatable bonds is 7. The molecular formula is C23H29N3O4S. The minimum Gasteiger partial charge on any atom is -0.348 e. The van der Waals surface area contributed by atoms with Crippen LogP contribution in [0.4, 0.5) is 5.69 Å². The van der Waals surface area contributed by atoms with Crippen LogP contribution in [0.15, 0.2) is 54.6 Å². The number of sulfone groups is 1. The third kappa shape index (κ3) is 6.15. The van der Waals surface area contributed by atoms with Gasteiger partial charge in [-0.25, -0.2) is 8.42 Å². The molecule has 7 nitrogen and oxygen atoms in total. The highest BCUT2D eigenvalue weighted by Crippen LogP contribution is 2.25. The van der Waals surface area contributed by atoms with E-state index in [-0.39, 0.29) is 29.4 Å². The maximum absolute atomic E-state index is 13.3. The van der Waals surface area contributed by atoms with Gasteiger partial charge in [0.15, 0.2) is 9.84 Å². The molecule has 31 heavy (non-hydrogen) atoms. The van der Waals surface area contributed by atoms with E-state index in [2.05, 4.69) is 10.6 Å². The highest BCUT2D eigenvalue weighted by molar-refractivity contribution is 7.91. The van der Waals surface area contributed by atoms with Crippen LogP contribution in [0.2, 0.25) is 0 Å². The molecule has 3 rings (SSSR count). The predicted molar refractivity (Wildman–Crippen MR) is 121 cm³/mol. The topological polar surface area (TPSA) is 95.6 Å². The van der Waals surface area contributed by atoms with Crippen molar-refractivity contribution in [3.8, 4) is 0 Å². The second-order valence-electron chi connectivity index (χ2n) is 7.76. The van der Waals surface area contributed by atoms with Crippen molar-refractivity contribution in [1.82, 2.24) is 10.2 Å². The Bertz CT molecular complexity index is 993. The summed E-state index contributed by atoms with van der Waals surface area (Å²) >= 11 is 0. The van der Waals surface area contributed by atoms with Gasteiger partial charge in [-0.15, -0.1) is 0 Å². The molecule has 166 valence electrons. The van der Waals surface area contributed by atoms with Crippen LogP contribution >= 0.6 is 0 Å². The molecule has 0 bridgehead atoms. The average molecular weight is 444 g/mol. The third-order valence-corrected chi connectivity index (χ3v) is 7.09. The minimum atomic E-state index is -3.04. The number of hydrogen-bond acceptors (Lipinski definition) is 5. The molecule has 2 N–H and O–H groups in total. The van der Waals surface area contributed by atoms with Crippen LogP contribution in [0.3, 0.4) is 0 Å². The van der Waals surface area contributed by atoms with E-state index in [9.17, 15) is 18.0 Å². The molecule has 0 spiro atoms. The zero-order chi connectivity index (χ0) is 22.4. The molecule has 0 aliphatic carbocycles. The van der Waals surface area contributed by atoms with Gasteiger partial charge in [0.1, 0.15) is 6.04 Å². The largest absolute Gasteiger partial charge is 0.348 e. The monoisotopic (exact) mass is 443 g/mol. The molecule has 0 saturated carbocycles. The molecule has 1 heterocycles. The number of anilines is 1. The maximum atomic E-state index is 13.3. The lowest BCUT2D eigenvalue weighted by Gasteiger charge is -2.34. The zero-order valence-electron chi connectivity index (χ0n) is 17.9. The van der Waals surface area contributed by atoms with Crippen molar-refractivity contribution >= 4 is 27.3 Å². The van der Waals surface area contributed by atoms with Gasteiger partial charge in [-0.2, -0.15) is 0 Å².